The molecule has 1 aromatic carbocycles. The van der Waals surface area contributed by atoms with Gasteiger partial charge in [0, 0.05) is 24.4 Å². The smallest absolute Gasteiger partial charge is 0.331 e. The van der Waals surface area contributed by atoms with E-state index >= 15 is 0 Å². The summed E-state index contributed by atoms with van der Waals surface area (Å²) < 4.78 is 2.68. The zero-order valence-electron chi connectivity index (χ0n) is 11.7. The monoisotopic (exact) mass is 284 g/mol. The predicted molar refractivity (Wildman–Crippen MR) is 80.1 cm³/mol. The Labute approximate surface area is 122 Å². The van der Waals surface area contributed by atoms with Crippen molar-refractivity contribution < 1.29 is 5.11 Å². The van der Waals surface area contributed by atoms with E-state index in [1.807, 2.05) is 25.1 Å². The van der Waals surface area contributed by atoms with Crippen molar-refractivity contribution in [3.8, 4) is 11.8 Å². The van der Waals surface area contributed by atoms with Crippen LogP contribution in [0, 0.1) is 11.8 Å². The Balaban J connectivity index is 2.39. The lowest BCUT2D eigenvalue weighted by molar-refractivity contribution is 0.350. The molecule has 5 heteroatoms. The largest absolute Gasteiger partial charge is 0.384 e. The normalized spacial score (nSPS) is 10.0. The molecular weight excluding hydrogens is 268 g/mol. The number of rotatable bonds is 3. The van der Waals surface area contributed by atoms with Crippen molar-refractivity contribution in [3.05, 3.63) is 68.5 Å². The number of hydrogen-bond donors (Lipinski definition) is 1. The minimum Gasteiger partial charge on any atom is -0.384 e. The van der Waals surface area contributed by atoms with Crippen LogP contribution in [0.15, 0.2) is 46.1 Å². The molecule has 0 radical (unpaired) electrons. The maximum Gasteiger partial charge on any atom is 0.331 e. The van der Waals surface area contributed by atoms with Crippen LogP contribution in [-0.2, 0) is 13.1 Å². The van der Waals surface area contributed by atoms with E-state index in [1.165, 1.54) is 21.4 Å². The quantitative estimate of drug-likeness (QED) is 0.831. The molecule has 0 saturated heterocycles. The van der Waals surface area contributed by atoms with E-state index in [0.717, 1.165) is 11.1 Å². The zero-order valence-corrected chi connectivity index (χ0v) is 11.7. The van der Waals surface area contributed by atoms with Crippen molar-refractivity contribution in [3.63, 3.8) is 0 Å². The van der Waals surface area contributed by atoms with E-state index in [0.29, 0.717) is 6.54 Å². The molecule has 2 aromatic rings. The maximum absolute atomic E-state index is 12.1. The van der Waals surface area contributed by atoms with Gasteiger partial charge in [-0.25, -0.2) is 4.79 Å². The highest BCUT2D eigenvalue weighted by molar-refractivity contribution is 5.37. The first kappa shape index (κ1) is 14.8. The third-order valence-corrected chi connectivity index (χ3v) is 3.06. The summed E-state index contributed by atoms with van der Waals surface area (Å²) in [5.74, 6) is 5.37. The van der Waals surface area contributed by atoms with Gasteiger partial charge in [0.25, 0.3) is 5.56 Å². The van der Waals surface area contributed by atoms with Crippen LogP contribution in [0.3, 0.4) is 0 Å². The zero-order chi connectivity index (χ0) is 15.2. The lowest BCUT2D eigenvalue weighted by Gasteiger charge is -2.08. The fraction of sp³-hybridized carbons (Fsp3) is 0.250. The number of hydrogen-bond acceptors (Lipinski definition) is 3. The fourth-order valence-corrected chi connectivity index (χ4v) is 2.01. The highest BCUT2D eigenvalue weighted by Gasteiger charge is 2.05. The van der Waals surface area contributed by atoms with Crippen LogP contribution in [0.5, 0.6) is 0 Å². The van der Waals surface area contributed by atoms with Crippen LogP contribution in [0.2, 0.25) is 0 Å². The molecule has 1 N–H and O–H groups in total. The lowest BCUT2D eigenvalue weighted by Crippen LogP contribution is -2.38. The Morgan fingerprint density at radius 1 is 1.24 bits per heavy atom. The molecule has 21 heavy (non-hydrogen) atoms. The summed E-state index contributed by atoms with van der Waals surface area (Å²) in [6.45, 7) is 2.36. The van der Waals surface area contributed by atoms with Gasteiger partial charge >= 0.3 is 5.69 Å². The molecule has 0 aliphatic heterocycles. The van der Waals surface area contributed by atoms with Crippen LogP contribution in [0.4, 0.5) is 0 Å². The first-order chi connectivity index (χ1) is 10.2. The van der Waals surface area contributed by atoms with Crippen molar-refractivity contribution in [2.75, 3.05) is 6.61 Å². The van der Waals surface area contributed by atoms with Crippen LogP contribution in [0.25, 0.3) is 0 Å². The summed E-state index contributed by atoms with van der Waals surface area (Å²) in [5, 5.41) is 8.70. The van der Waals surface area contributed by atoms with Crippen LogP contribution >= 0.6 is 0 Å². The molecular formula is C16H16N2O3. The lowest BCUT2D eigenvalue weighted by atomic mass is 10.1. The van der Waals surface area contributed by atoms with Gasteiger partial charge in [-0.15, -0.1) is 0 Å². The Morgan fingerprint density at radius 2 is 2.05 bits per heavy atom. The van der Waals surface area contributed by atoms with Crippen LogP contribution < -0.4 is 11.2 Å². The maximum atomic E-state index is 12.1. The second-order valence-electron chi connectivity index (χ2n) is 4.47. The standard InChI is InChI=1S/C16H16N2O3/c1-2-17-9-8-15(20)18(16(17)21)12-14-6-3-5-13(11-14)7-4-10-19/h3,5-6,8-9,11,19H,2,10,12H2,1H3. The second kappa shape index (κ2) is 6.73. The van der Waals surface area contributed by atoms with E-state index in [2.05, 4.69) is 11.8 Å². The van der Waals surface area contributed by atoms with E-state index in [9.17, 15) is 9.59 Å². The average molecular weight is 284 g/mol. The Morgan fingerprint density at radius 3 is 2.76 bits per heavy atom. The topological polar surface area (TPSA) is 64.2 Å². The highest BCUT2D eigenvalue weighted by Crippen LogP contribution is 2.04. The molecule has 0 saturated carbocycles. The molecule has 0 amide bonds. The number of aryl methyl sites for hydroxylation is 1. The summed E-state index contributed by atoms with van der Waals surface area (Å²) >= 11 is 0. The second-order valence-corrected chi connectivity index (χ2v) is 4.47. The Bertz CT molecular complexity index is 806. The molecule has 1 heterocycles. The third kappa shape index (κ3) is 3.50. The van der Waals surface area contributed by atoms with Gasteiger partial charge < -0.3 is 9.67 Å². The number of nitrogens with zero attached hydrogens (tertiary/aromatic N) is 2. The first-order valence-electron chi connectivity index (χ1n) is 6.64. The van der Waals surface area contributed by atoms with Gasteiger partial charge in [-0.05, 0) is 24.6 Å². The average Bonchev–Trinajstić information content (AvgIpc) is 2.50. The van der Waals surface area contributed by atoms with Crippen molar-refractivity contribution in [2.45, 2.75) is 20.0 Å². The number of benzene rings is 1. The molecule has 0 aliphatic rings. The van der Waals surface area contributed by atoms with E-state index < -0.39 is 0 Å². The van der Waals surface area contributed by atoms with Crippen molar-refractivity contribution in [2.24, 2.45) is 0 Å². The van der Waals surface area contributed by atoms with E-state index in [-0.39, 0.29) is 24.4 Å². The molecule has 5 nitrogen and oxygen atoms in total. The molecule has 1 aromatic heterocycles. The molecule has 0 bridgehead atoms. The first-order valence-corrected chi connectivity index (χ1v) is 6.64. The minimum absolute atomic E-state index is 0.202. The summed E-state index contributed by atoms with van der Waals surface area (Å²) in [4.78, 5) is 24.0. The van der Waals surface area contributed by atoms with Crippen molar-refractivity contribution in [1.82, 2.24) is 9.13 Å². The molecule has 0 atom stereocenters. The Kier molecular flexibility index (Phi) is 4.75. The third-order valence-electron chi connectivity index (χ3n) is 3.06. The van der Waals surface area contributed by atoms with Gasteiger partial charge in [0.1, 0.15) is 6.61 Å². The number of aliphatic hydroxyl groups excluding tert-OH is 1. The van der Waals surface area contributed by atoms with Crippen molar-refractivity contribution in [1.29, 1.82) is 0 Å². The molecule has 0 fully saturated rings. The molecule has 2 rings (SSSR count). The van der Waals surface area contributed by atoms with Gasteiger partial charge in [-0.3, -0.25) is 9.36 Å². The SMILES string of the molecule is CCn1ccc(=O)n(Cc2cccc(C#CCO)c2)c1=O. The van der Waals surface area contributed by atoms with Crippen molar-refractivity contribution >= 4 is 0 Å². The summed E-state index contributed by atoms with van der Waals surface area (Å²) in [7, 11) is 0. The highest BCUT2D eigenvalue weighted by atomic mass is 16.2. The van der Waals surface area contributed by atoms with Crippen LogP contribution in [0.1, 0.15) is 18.1 Å². The molecule has 0 spiro atoms. The summed E-state index contributed by atoms with van der Waals surface area (Å²) in [5.41, 5.74) is 0.905. The van der Waals surface area contributed by atoms with Gasteiger partial charge in [0.05, 0.1) is 6.54 Å². The van der Waals surface area contributed by atoms with E-state index in [1.54, 1.807) is 6.07 Å². The number of aromatic nitrogens is 2. The Hall–Kier alpha value is -2.58. The molecule has 0 aliphatic carbocycles. The van der Waals surface area contributed by atoms with Gasteiger partial charge in [-0.1, -0.05) is 24.0 Å². The fourth-order valence-electron chi connectivity index (χ4n) is 2.01. The summed E-state index contributed by atoms with van der Waals surface area (Å²) in [6.07, 6.45) is 1.50. The number of aliphatic hydroxyl groups is 1. The minimum atomic E-state index is -0.323. The molecule has 0 unspecified atom stereocenters. The predicted octanol–water partition coefficient (Wildman–Crippen LogP) is 0.422. The van der Waals surface area contributed by atoms with Gasteiger partial charge in [0.15, 0.2) is 0 Å². The summed E-state index contributed by atoms with van der Waals surface area (Å²) in [6, 6.07) is 8.64. The van der Waals surface area contributed by atoms with Crippen LogP contribution in [-0.4, -0.2) is 20.8 Å². The van der Waals surface area contributed by atoms with E-state index in [4.69, 9.17) is 5.11 Å². The van der Waals surface area contributed by atoms with Gasteiger partial charge in [-0.2, -0.15) is 0 Å². The van der Waals surface area contributed by atoms with Gasteiger partial charge in [0.2, 0.25) is 0 Å². The molecule has 108 valence electrons.